The summed E-state index contributed by atoms with van der Waals surface area (Å²) in [5.74, 6) is 0.786. The minimum atomic E-state index is -0.448. The van der Waals surface area contributed by atoms with Gasteiger partial charge in [-0.1, -0.05) is 13.8 Å². The Morgan fingerprint density at radius 3 is 2.72 bits per heavy atom. The number of hydrogen-bond acceptors (Lipinski definition) is 5. The first kappa shape index (κ1) is 17.9. The van der Waals surface area contributed by atoms with Crippen LogP contribution in [-0.4, -0.2) is 48.1 Å². The van der Waals surface area contributed by atoms with Crippen molar-refractivity contribution in [2.24, 2.45) is 0 Å². The maximum Gasteiger partial charge on any atom is 0.267 e. The smallest absolute Gasteiger partial charge is 0.267 e. The van der Waals surface area contributed by atoms with Crippen LogP contribution in [0.25, 0.3) is 11.3 Å². The van der Waals surface area contributed by atoms with Crippen LogP contribution >= 0.6 is 11.3 Å². The Labute approximate surface area is 153 Å². The molecule has 25 heavy (non-hydrogen) atoms. The van der Waals surface area contributed by atoms with Gasteiger partial charge in [0.15, 0.2) is 6.10 Å². The van der Waals surface area contributed by atoms with Crippen LogP contribution < -0.4 is 9.64 Å². The molecule has 1 aliphatic rings. The van der Waals surface area contributed by atoms with E-state index in [1.165, 1.54) is 0 Å². The third-order valence-corrected chi connectivity index (χ3v) is 5.39. The van der Waals surface area contributed by atoms with Crippen LogP contribution in [0.15, 0.2) is 23.6 Å². The Balaban J connectivity index is 1.92. The van der Waals surface area contributed by atoms with E-state index in [9.17, 15) is 4.79 Å². The summed E-state index contributed by atoms with van der Waals surface area (Å²) in [6, 6.07) is 5.99. The number of nitrogens with zero attached hydrogens (tertiary/aromatic N) is 3. The number of ether oxygens (including phenoxy) is 1. The van der Waals surface area contributed by atoms with E-state index in [0.29, 0.717) is 6.54 Å². The molecular weight excluding hydrogens is 334 g/mol. The number of aryl methyl sites for hydroxylation is 1. The number of thiazole rings is 1. The summed E-state index contributed by atoms with van der Waals surface area (Å²) in [4.78, 5) is 21.4. The maximum absolute atomic E-state index is 12.7. The number of hydrogen-bond donors (Lipinski definition) is 0. The fourth-order valence-electron chi connectivity index (χ4n) is 3.07. The van der Waals surface area contributed by atoms with Crippen LogP contribution in [-0.2, 0) is 4.79 Å². The average Bonchev–Trinajstić information content (AvgIpc) is 3.05. The third-order valence-electron chi connectivity index (χ3n) is 4.62. The van der Waals surface area contributed by atoms with Gasteiger partial charge in [0.05, 0.1) is 16.4 Å². The van der Waals surface area contributed by atoms with E-state index < -0.39 is 6.10 Å². The van der Waals surface area contributed by atoms with Crippen molar-refractivity contribution < 1.29 is 9.53 Å². The van der Waals surface area contributed by atoms with Gasteiger partial charge in [0, 0.05) is 24.0 Å². The van der Waals surface area contributed by atoms with Gasteiger partial charge in [0.2, 0.25) is 0 Å². The van der Waals surface area contributed by atoms with Crippen LogP contribution in [0, 0.1) is 6.92 Å². The predicted molar refractivity (Wildman–Crippen MR) is 103 cm³/mol. The fraction of sp³-hybridized carbons (Fsp3) is 0.474. The minimum Gasteiger partial charge on any atom is -0.479 e. The quantitative estimate of drug-likeness (QED) is 0.791. The van der Waals surface area contributed by atoms with Gasteiger partial charge in [-0.25, -0.2) is 4.98 Å². The highest BCUT2D eigenvalue weighted by atomic mass is 32.1. The van der Waals surface area contributed by atoms with Crippen LogP contribution in [0.2, 0.25) is 0 Å². The maximum atomic E-state index is 12.7. The Bertz CT molecular complexity index is 755. The van der Waals surface area contributed by atoms with Crippen molar-refractivity contribution in [3.63, 3.8) is 0 Å². The normalized spacial score (nSPS) is 16.9. The monoisotopic (exact) mass is 359 g/mol. The van der Waals surface area contributed by atoms with Crippen LogP contribution in [0.5, 0.6) is 5.75 Å². The molecule has 134 valence electrons. The molecule has 2 heterocycles. The van der Waals surface area contributed by atoms with Crippen molar-refractivity contribution in [2.75, 3.05) is 31.1 Å². The van der Waals surface area contributed by atoms with Crippen molar-refractivity contribution in [3.05, 3.63) is 28.6 Å². The molecule has 1 aromatic heterocycles. The highest BCUT2D eigenvalue weighted by molar-refractivity contribution is 7.09. The van der Waals surface area contributed by atoms with Crippen molar-refractivity contribution in [1.82, 2.24) is 9.88 Å². The number of fused-ring (bicyclic) bond motifs is 1. The van der Waals surface area contributed by atoms with Crippen molar-refractivity contribution in [1.29, 1.82) is 0 Å². The van der Waals surface area contributed by atoms with Crippen molar-refractivity contribution >= 4 is 22.9 Å². The Kier molecular flexibility index (Phi) is 5.39. The molecule has 0 saturated heterocycles. The van der Waals surface area contributed by atoms with Gasteiger partial charge < -0.3 is 14.5 Å². The van der Waals surface area contributed by atoms with Crippen molar-refractivity contribution in [3.8, 4) is 17.0 Å². The third kappa shape index (κ3) is 3.70. The van der Waals surface area contributed by atoms with Gasteiger partial charge in [-0.3, -0.25) is 4.79 Å². The summed E-state index contributed by atoms with van der Waals surface area (Å²) < 4.78 is 5.81. The molecule has 5 nitrogen and oxygen atoms in total. The highest BCUT2D eigenvalue weighted by Gasteiger charge is 2.31. The Morgan fingerprint density at radius 1 is 1.32 bits per heavy atom. The van der Waals surface area contributed by atoms with Gasteiger partial charge in [0.1, 0.15) is 5.75 Å². The van der Waals surface area contributed by atoms with Crippen molar-refractivity contribution in [2.45, 2.75) is 33.8 Å². The number of benzene rings is 1. The summed E-state index contributed by atoms with van der Waals surface area (Å²) in [6.07, 6.45) is -0.448. The van der Waals surface area contributed by atoms with E-state index in [4.69, 9.17) is 4.74 Å². The number of carbonyl (C=O) groups excluding carboxylic acids is 1. The molecule has 0 spiro atoms. The van der Waals surface area contributed by atoms with E-state index in [1.54, 1.807) is 11.3 Å². The lowest BCUT2D eigenvalue weighted by atomic mass is 10.1. The number of likely N-dealkylation sites (N-methyl/N-ethyl adjacent to an activating group) is 1. The largest absolute Gasteiger partial charge is 0.479 e. The van der Waals surface area contributed by atoms with E-state index in [2.05, 4.69) is 23.7 Å². The molecule has 0 saturated carbocycles. The van der Waals surface area contributed by atoms with Crippen LogP contribution in [0.3, 0.4) is 0 Å². The Morgan fingerprint density at radius 2 is 2.08 bits per heavy atom. The topological polar surface area (TPSA) is 45.7 Å². The molecule has 0 N–H and O–H groups in total. The molecule has 1 atom stereocenters. The summed E-state index contributed by atoms with van der Waals surface area (Å²) in [5.41, 5.74) is 2.81. The van der Waals surface area contributed by atoms with Gasteiger partial charge in [0.25, 0.3) is 5.91 Å². The molecule has 1 unspecified atom stereocenters. The molecule has 1 aromatic carbocycles. The number of carbonyl (C=O) groups is 1. The second-order valence-electron chi connectivity index (χ2n) is 6.21. The molecule has 0 aliphatic carbocycles. The number of aromatic nitrogens is 1. The molecule has 1 amide bonds. The molecule has 2 aromatic rings. The van der Waals surface area contributed by atoms with Crippen LogP contribution in [0.4, 0.5) is 5.69 Å². The van der Waals surface area contributed by atoms with Gasteiger partial charge in [-0.05, 0) is 45.1 Å². The zero-order valence-corrected chi connectivity index (χ0v) is 16.1. The second kappa shape index (κ2) is 7.54. The van der Waals surface area contributed by atoms with Gasteiger partial charge in [-0.15, -0.1) is 11.3 Å². The second-order valence-corrected chi connectivity index (χ2v) is 7.27. The average molecular weight is 359 g/mol. The lowest BCUT2D eigenvalue weighted by Gasteiger charge is -2.34. The molecule has 0 bridgehead atoms. The number of amides is 1. The fourth-order valence-corrected chi connectivity index (χ4v) is 3.70. The number of rotatable bonds is 6. The van der Waals surface area contributed by atoms with Gasteiger partial charge in [-0.2, -0.15) is 0 Å². The number of anilines is 1. The first-order valence-corrected chi connectivity index (χ1v) is 9.68. The molecule has 1 aliphatic heterocycles. The minimum absolute atomic E-state index is 0.0197. The predicted octanol–water partition coefficient (Wildman–Crippen LogP) is 3.57. The first-order valence-electron chi connectivity index (χ1n) is 8.80. The zero-order chi connectivity index (χ0) is 18.0. The first-order chi connectivity index (χ1) is 12.0. The van der Waals surface area contributed by atoms with E-state index in [0.717, 1.165) is 47.3 Å². The Hall–Kier alpha value is -1.92. The highest BCUT2D eigenvalue weighted by Crippen LogP contribution is 2.37. The molecule has 0 radical (unpaired) electrons. The van der Waals surface area contributed by atoms with E-state index in [1.807, 2.05) is 42.3 Å². The SMILES string of the molecule is CCN(CC)CCN1C(=O)C(C)Oc2ccc(-c3csc(C)n3)cc21. The van der Waals surface area contributed by atoms with E-state index >= 15 is 0 Å². The lowest BCUT2D eigenvalue weighted by Crippen LogP contribution is -2.47. The van der Waals surface area contributed by atoms with Gasteiger partial charge >= 0.3 is 0 Å². The zero-order valence-electron chi connectivity index (χ0n) is 15.3. The molecule has 0 fully saturated rings. The lowest BCUT2D eigenvalue weighted by molar-refractivity contribution is -0.125. The molecular formula is C19H25N3O2S. The molecule has 6 heteroatoms. The summed E-state index contributed by atoms with van der Waals surface area (Å²) in [6.45, 7) is 11.6. The summed E-state index contributed by atoms with van der Waals surface area (Å²) in [5, 5.41) is 3.08. The summed E-state index contributed by atoms with van der Waals surface area (Å²) in [7, 11) is 0. The van der Waals surface area contributed by atoms with Crippen LogP contribution in [0.1, 0.15) is 25.8 Å². The summed E-state index contributed by atoms with van der Waals surface area (Å²) >= 11 is 1.63. The van der Waals surface area contributed by atoms with E-state index in [-0.39, 0.29) is 5.91 Å². The molecule has 3 rings (SSSR count). The standard InChI is InChI=1S/C19H25N3O2S/c1-5-21(6-2)9-10-22-17-11-15(16-12-25-14(4)20-16)7-8-18(17)24-13(3)19(22)23/h7-8,11-13H,5-6,9-10H2,1-4H3.